The summed E-state index contributed by atoms with van der Waals surface area (Å²) in [6, 6.07) is 8.59. The molecule has 2 rings (SSSR count). The van der Waals surface area contributed by atoms with Crippen molar-refractivity contribution in [1.29, 1.82) is 0 Å². The largest absolute Gasteiger partial charge is 0.330 e. The van der Waals surface area contributed by atoms with Gasteiger partial charge in [-0.3, -0.25) is 0 Å². The molecular weight excluding hydrogens is 250 g/mol. The molecule has 0 amide bonds. The highest BCUT2D eigenvalue weighted by Crippen LogP contribution is 2.34. The summed E-state index contributed by atoms with van der Waals surface area (Å²) in [7, 11) is 0. The maximum Gasteiger partial charge on any atom is 0.0177 e. The third-order valence-electron chi connectivity index (χ3n) is 3.51. The molecule has 1 aliphatic carbocycles. The van der Waals surface area contributed by atoms with E-state index in [2.05, 4.69) is 40.2 Å². The summed E-state index contributed by atoms with van der Waals surface area (Å²) < 4.78 is 1.17. The van der Waals surface area contributed by atoms with Crippen molar-refractivity contribution >= 4 is 15.9 Å². The van der Waals surface area contributed by atoms with Crippen LogP contribution in [0, 0.1) is 11.8 Å². The van der Waals surface area contributed by atoms with E-state index in [9.17, 15) is 0 Å². The first-order chi connectivity index (χ1) is 7.29. The predicted molar refractivity (Wildman–Crippen MR) is 67.7 cm³/mol. The van der Waals surface area contributed by atoms with Crippen LogP contribution in [0.25, 0.3) is 0 Å². The van der Waals surface area contributed by atoms with Gasteiger partial charge in [0.05, 0.1) is 0 Å². The lowest BCUT2D eigenvalue weighted by molar-refractivity contribution is 0.209. The molecule has 1 aliphatic rings. The van der Waals surface area contributed by atoms with Gasteiger partial charge in [-0.2, -0.15) is 0 Å². The summed E-state index contributed by atoms with van der Waals surface area (Å²) in [5, 5.41) is 0. The minimum Gasteiger partial charge on any atom is -0.330 e. The van der Waals surface area contributed by atoms with Gasteiger partial charge in [-0.25, -0.2) is 0 Å². The predicted octanol–water partition coefficient (Wildman–Crippen LogP) is 3.37. The summed E-state index contributed by atoms with van der Waals surface area (Å²) >= 11 is 3.51. The summed E-state index contributed by atoms with van der Waals surface area (Å²) in [6.07, 6.45) is 5.31. The molecule has 0 aromatic heterocycles. The van der Waals surface area contributed by atoms with Crippen molar-refractivity contribution in [3.8, 4) is 0 Å². The van der Waals surface area contributed by atoms with Crippen LogP contribution in [0.5, 0.6) is 0 Å². The van der Waals surface area contributed by atoms with Crippen molar-refractivity contribution in [2.75, 3.05) is 6.54 Å². The Kier molecular flexibility index (Phi) is 3.81. The Morgan fingerprint density at radius 2 is 2.20 bits per heavy atom. The quantitative estimate of drug-likeness (QED) is 0.890. The molecule has 0 saturated heterocycles. The molecule has 1 unspecified atom stereocenters. The van der Waals surface area contributed by atoms with Crippen molar-refractivity contribution in [2.24, 2.45) is 17.6 Å². The monoisotopic (exact) mass is 267 g/mol. The minimum absolute atomic E-state index is 0.688. The fourth-order valence-electron chi connectivity index (χ4n) is 2.32. The van der Waals surface area contributed by atoms with E-state index < -0.39 is 0 Å². The third kappa shape index (κ3) is 2.82. The van der Waals surface area contributed by atoms with E-state index in [0.717, 1.165) is 18.9 Å². The Labute approximate surface area is 100 Å². The molecule has 1 saturated carbocycles. The van der Waals surface area contributed by atoms with Gasteiger partial charge in [0.25, 0.3) is 0 Å². The molecule has 0 aliphatic heterocycles. The lowest BCUT2D eigenvalue weighted by Gasteiger charge is -2.33. The van der Waals surface area contributed by atoms with Crippen LogP contribution in [0.15, 0.2) is 28.7 Å². The SMILES string of the molecule is NCC(Cc1cccc(Br)c1)C1CCC1. The Balaban J connectivity index is 1.99. The summed E-state index contributed by atoms with van der Waals surface area (Å²) in [5.41, 5.74) is 7.27. The first kappa shape index (κ1) is 11.2. The highest BCUT2D eigenvalue weighted by molar-refractivity contribution is 9.10. The van der Waals surface area contributed by atoms with Crippen molar-refractivity contribution < 1.29 is 0 Å². The van der Waals surface area contributed by atoms with Crippen molar-refractivity contribution in [1.82, 2.24) is 0 Å². The van der Waals surface area contributed by atoms with Crippen LogP contribution in [-0.4, -0.2) is 6.54 Å². The van der Waals surface area contributed by atoms with Gasteiger partial charge in [-0.05, 0) is 42.5 Å². The molecule has 1 aromatic carbocycles. The Hall–Kier alpha value is -0.340. The van der Waals surface area contributed by atoms with Crippen molar-refractivity contribution in [3.05, 3.63) is 34.3 Å². The molecule has 0 bridgehead atoms. The number of nitrogens with two attached hydrogens (primary N) is 1. The van der Waals surface area contributed by atoms with E-state index in [1.807, 2.05) is 0 Å². The molecule has 0 radical (unpaired) electrons. The first-order valence-electron chi connectivity index (χ1n) is 5.74. The van der Waals surface area contributed by atoms with Crippen molar-refractivity contribution in [2.45, 2.75) is 25.7 Å². The van der Waals surface area contributed by atoms with Crippen LogP contribution in [-0.2, 0) is 6.42 Å². The Morgan fingerprint density at radius 1 is 1.40 bits per heavy atom. The van der Waals surface area contributed by atoms with E-state index >= 15 is 0 Å². The summed E-state index contributed by atoms with van der Waals surface area (Å²) in [6.45, 7) is 0.831. The number of benzene rings is 1. The zero-order valence-corrected chi connectivity index (χ0v) is 10.5. The topological polar surface area (TPSA) is 26.0 Å². The van der Waals surface area contributed by atoms with Gasteiger partial charge in [0, 0.05) is 4.47 Å². The van der Waals surface area contributed by atoms with Crippen LogP contribution >= 0.6 is 15.9 Å². The second kappa shape index (κ2) is 5.13. The second-order valence-electron chi connectivity index (χ2n) is 4.52. The van der Waals surface area contributed by atoms with Crippen LogP contribution in [0.3, 0.4) is 0 Å². The Bertz CT molecular complexity index is 320. The third-order valence-corrected chi connectivity index (χ3v) is 4.00. The molecule has 2 heteroatoms. The first-order valence-corrected chi connectivity index (χ1v) is 6.53. The highest BCUT2D eigenvalue weighted by Gasteiger charge is 2.26. The van der Waals surface area contributed by atoms with Gasteiger partial charge in [-0.1, -0.05) is 47.3 Å². The normalized spacial score (nSPS) is 18.5. The van der Waals surface area contributed by atoms with Gasteiger partial charge < -0.3 is 5.73 Å². The summed E-state index contributed by atoms with van der Waals surface area (Å²) in [4.78, 5) is 0. The molecule has 82 valence electrons. The molecular formula is C13H18BrN. The lowest BCUT2D eigenvalue weighted by Crippen LogP contribution is -2.30. The Morgan fingerprint density at radius 3 is 2.73 bits per heavy atom. The van der Waals surface area contributed by atoms with E-state index in [4.69, 9.17) is 5.73 Å². The van der Waals surface area contributed by atoms with Gasteiger partial charge >= 0.3 is 0 Å². The zero-order chi connectivity index (χ0) is 10.7. The lowest BCUT2D eigenvalue weighted by atomic mass is 9.73. The van der Waals surface area contributed by atoms with Gasteiger partial charge in [0.2, 0.25) is 0 Å². The molecule has 0 heterocycles. The van der Waals surface area contributed by atoms with Gasteiger partial charge in [-0.15, -0.1) is 0 Å². The standard InChI is InChI=1S/C13H18BrN/c14-13-6-1-3-10(8-13)7-12(9-15)11-4-2-5-11/h1,3,6,8,11-12H,2,4-5,7,9,15H2. The molecule has 1 aromatic rings. The van der Waals surface area contributed by atoms with Crippen LogP contribution < -0.4 is 5.73 Å². The van der Waals surface area contributed by atoms with Crippen LogP contribution in [0.4, 0.5) is 0 Å². The average molecular weight is 268 g/mol. The molecule has 1 atom stereocenters. The molecule has 2 N–H and O–H groups in total. The van der Waals surface area contributed by atoms with E-state index in [1.165, 1.54) is 29.3 Å². The highest BCUT2D eigenvalue weighted by atomic mass is 79.9. The smallest absolute Gasteiger partial charge is 0.0177 e. The summed E-state index contributed by atoms with van der Waals surface area (Å²) in [5.74, 6) is 1.57. The van der Waals surface area contributed by atoms with E-state index in [-0.39, 0.29) is 0 Å². The van der Waals surface area contributed by atoms with Gasteiger partial charge in [0.15, 0.2) is 0 Å². The van der Waals surface area contributed by atoms with Crippen LogP contribution in [0.1, 0.15) is 24.8 Å². The number of hydrogen-bond acceptors (Lipinski definition) is 1. The van der Waals surface area contributed by atoms with Crippen molar-refractivity contribution in [3.63, 3.8) is 0 Å². The number of rotatable bonds is 4. The fourth-order valence-corrected chi connectivity index (χ4v) is 2.77. The van der Waals surface area contributed by atoms with Gasteiger partial charge in [0.1, 0.15) is 0 Å². The van der Waals surface area contributed by atoms with Crippen LogP contribution in [0.2, 0.25) is 0 Å². The number of halogens is 1. The average Bonchev–Trinajstić information content (AvgIpc) is 2.14. The molecule has 1 nitrogen and oxygen atoms in total. The zero-order valence-electron chi connectivity index (χ0n) is 8.95. The molecule has 1 fully saturated rings. The molecule has 15 heavy (non-hydrogen) atoms. The second-order valence-corrected chi connectivity index (χ2v) is 5.44. The van der Waals surface area contributed by atoms with E-state index in [0.29, 0.717) is 5.92 Å². The molecule has 0 spiro atoms. The maximum atomic E-state index is 5.86. The fraction of sp³-hybridized carbons (Fsp3) is 0.538. The minimum atomic E-state index is 0.688. The number of hydrogen-bond donors (Lipinski definition) is 1. The van der Waals surface area contributed by atoms with E-state index in [1.54, 1.807) is 0 Å². The maximum absolute atomic E-state index is 5.86.